The SMILES string of the molecule is CCCCCCCCOc1ccccc1-c1ccncc1C(=O)OCCCC(C)CCCC. The van der Waals surface area contributed by atoms with Gasteiger partial charge in [-0.25, -0.2) is 4.79 Å². The molecule has 1 aromatic heterocycles. The van der Waals surface area contributed by atoms with E-state index in [4.69, 9.17) is 9.47 Å². The van der Waals surface area contributed by atoms with Crippen LogP contribution in [-0.4, -0.2) is 24.2 Å². The number of hydrogen-bond acceptors (Lipinski definition) is 4. The Labute approximate surface area is 201 Å². The van der Waals surface area contributed by atoms with Crippen LogP contribution in [-0.2, 0) is 4.74 Å². The lowest BCUT2D eigenvalue weighted by atomic mass is 9.99. The van der Waals surface area contributed by atoms with E-state index in [1.54, 1.807) is 12.4 Å². The zero-order chi connectivity index (χ0) is 23.7. The lowest BCUT2D eigenvalue weighted by Gasteiger charge is -2.15. The predicted octanol–water partition coefficient (Wildman–Crippen LogP) is 8.25. The van der Waals surface area contributed by atoms with E-state index >= 15 is 0 Å². The van der Waals surface area contributed by atoms with Gasteiger partial charge in [-0.1, -0.05) is 90.3 Å². The number of carbonyl (C=O) groups excluding carboxylic acids is 1. The third-order valence-corrected chi connectivity index (χ3v) is 6.10. The number of para-hydroxylation sites is 1. The Hall–Kier alpha value is -2.36. The van der Waals surface area contributed by atoms with Gasteiger partial charge in [-0.3, -0.25) is 4.98 Å². The fraction of sp³-hybridized carbons (Fsp3) is 0.586. The molecule has 4 nitrogen and oxygen atoms in total. The summed E-state index contributed by atoms with van der Waals surface area (Å²) in [7, 11) is 0. The number of aromatic nitrogens is 1. The van der Waals surface area contributed by atoms with Crippen molar-refractivity contribution in [2.45, 2.75) is 91.4 Å². The lowest BCUT2D eigenvalue weighted by Crippen LogP contribution is -2.10. The molecule has 0 radical (unpaired) electrons. The van der Waals surface area contributed by atoms with E-state index in [1.807, 2.05) is 30.3 Å². The third kappa shape index (κ3) is 9.98. The molecule has 0 amide bonds. The average Bonchev–Trinajstić information content (AvgIpc) is 2.85. The Bertz CT molecular complexity index is 805. The van der Waals surface area contributed by atoms with Crippen LogP contribution in [0.4, 0.5) is 0 Å². The van der Waals surface area contributed by atoms with Crippen LogP contribution in [0, 0.1) is 5.92 Å². The number of unbranched alkanes of at least 4 members (excludes halogenated alkanes) is 6. The maximum atomic E-state index is 12.8. The molecular weight excluding hydrogens is 410 g/mol. The van der Waals surface area contributed by atoms with Crippen LogP contribution in [0.5, 0.6) is 5.75 Å². The number of rotatable bonds is 17. The summed E-state index contributed by atoms with van der Waals surface area (Å²) in [6.07, 6.45) is 16.4. The van der Waals surface area contributed by atoms with Gasteiger partial charge in [-0.15, -0.1) is 0 Å². The molecule has 0 spiro atoms. The Morgan fingerprint density at radius 3 is 2.39 bits per heavy atom. The van der Waals surface area contributed by atoms with Crippen LogP contribution in [0.25, 0.3) is 11.1 Å². The Morgan fingerprint density at radius 2 is 1.58 bits per heavy atom. The van der Waals surface area contributed by atoms with E-state index in [-0.39, 0.29) is 5.97 Å². The molecule has 0 aliphatic heterocycles. The molecule has 0 saturated heterocycles. The number of esters is 1. The number of carbonyl (C=O) groups is 1. The highest BCUT2D eigenvalue weighted by Crippen LogP contribution is 2.32. The van der Waals surface area contributed by atoms with Crippen LogP contribution < -0.4 is 4.74 Å². The van der Waals surface area contributed by atoms with Crippen molar-refractivity contribution in [3.63, 3.8) is 0 Å². The second-order valence-electron chi connectivity index (χ2n) is 9.06. The minimum absolute atomic E-state index is 0.315. The van der Waals surface area contributed by atoms with Crippen molar-refractivity contribution in [2.24, 2.45) is 5.92 Å². The molecule has 33 heavy (non-hydrogen) atoms. The summed E-state index contributed by atoms with van der Waals surface area (Å²) < 4.78 is 11.7. The van der Waals surface area contributed by atoms with Crippen molar-refractivity contribution in [1.82, 2.24) is 4.98 Å². The minimum atomic E-state index is -0.315. The smallest absolute Gasteiger partial charge is 0.340 e. The number of benzene rings is 1. The second kappa shape index (κ2) is 16.3. The molecule has 1 unspecified atom stereocenters. The number of ether oxygens (including phenoxy) is 2. The molecule has 1 heterocycles. The normalized spacial score (nSPS) is 11.8. The molecule has 0 fully saturated rings. The van der Waals surface area contributed by atoms with E-state index in [0.29, 0.717) is 24.7 Å². The summed E-state index contributed by atoms with van der Waals surface area (Å²) >= 11 is 0. The Balaban J connectivity index is 1.94. The van der Waals surface area contributed by atoms with Gasteiger partial charge in [0.1, 0.15) is 5.75 Å². The summed E-state index contributed by atoms with van der Waals surface area (Å²) in [6.45, 7) is 7.86. The van der Waals surface area contributed by atoms with Crippen LogP contribution in [0.2, 0.25) is 0 Å². The summed E-state index contributed by atoms with van der Waals surface area (Å²) in [5.41, 5.74) is 2.21. The van der Waals surface area contributed by atoms with Gasteiger partial charge in [0.2, 0.25) is 0 Å². The molecule has 0 N–H and O–H groups in total. The predicted molar refractivity (Wildman–Crippen MR) is 137 cm³/mol. The largest absolute Gasteiger partial charge is 0.493 e. The first-order valence-electron chi connectivity index (χ1n) is 13.0. The number of hydrogen-bond donors (Lipinski definition) is 0. The summed E-state index contributed by atoms with van der Waals surface area (Å²) in [5.74, 6) is 1.16. The van der Waals surface area contributed by atoms with Crippen molar-refractivity contribution in [3.05, 3.63) is 48.3 Å². The highest BCUT2D eigenvalue weighted by molar-refractivity contribution is 5.97. The zero-order valence-corrected chi connectivity index (χ0v) is 21.0. The molecule has 1 atom stereocenters. The fourth-order valence-corrected chi connectivity index (χ4v) is 4.04. The number of nitrogens with zero attached hydrogens (tertiary/aromatic N) is 1. The molecular formula is C29H43NO3. The van der Waals surface area contributed by atoms with Crippen molar-refractivity contribution in [1.29, 1.82) is 0 Å². The van der Waals surface area contributed by atoms with Gasteiger partial charge in [0, 0.05) is 23.5 Å². The standard InChI is InChI=1S/C29H43NO3/c1-4-6-8-9-10-13-21-32-28-18-12-11-17-26(28)25-19-20-30-23-27(25)29(31)33-22-14-16-24(3)15-7-5-2/h11-12,17-20,23-24H,4-10,13-16,21-22H2,1-3H3. The maximum absolute atomic E-state index is 12.8. The van der Waals surface area contributed by atoms with E-state index in [0.717, 1.165) is 36.1 Å². The first-order chi connectivity index (χ1) is 16.2. The van der Waals surface area contributed by atoms with Gasteiger partial charge >= 0.3 is 5.97 Å². The van der Waals surface area contributed by atoms with Crippen LogP contribution >= 0.6 is 0 Å². The lowest BCUT2D eigenvalue weighted by molar-refractivity contribution is 0.0494. The van der Waals surface area contributed by atoms with Gasteiger partial charge in [0.25, 0.3) is 0 Å². The Morgan fingerprint density at radius 1 is 0.848 bits per heavy atom. The molecule has 2 aromatic rings. The van der Waals surface area contributed by atoms with Crippen molar-refractivity contribution in [2.75, 3.05) is 13.2 Å². The summed E-state index contributed by atoms with van der Waals surface area (Å²) in [5, 5.41) is 0. The zero-order valence-electron chi connectivity index (χ0n) is 21.0. The van der Waals surface area contributed by atoms with E-state index < -0.39 is 0 Å². The molecule has 4 heteroatoms. The average molecular weight is 454 g/mol. The molecule has 182 valence electrons. The van der Waals surface area contributed by atoms with E-state index in [2.05, 4.69) is 25.8 Å². The molecule has 0 aliphatic rings. The number of pyridine rings is 1. The Kier molecular flexibility index (Phi) is 13.3. The van der Waals surface area contributed by atoms with Gasteiger partial charge < -0.3 is 9.47 Å². The minimum Gasteiger partial charge on any atom is -0.493 e. The summed E-state index contributed by atoms with van der Waals surface area (Å²) in [4.78, 5) is 17.0. The molecule has 2 rings (SSSR count). The quantitative estimate of drug-likeness (QED) is 0.179. The van der Waals surface area contributed by atoms with Crippen LogP contribution in [0.1, 0.15) is 102 Å². The molecule has 0 aliphatic carbocycles. The van der Waals surface area contributed by atoms with Crippen LogP contribution in [0.3, 0.4) is 0 Å². The van der Waals surface area contributed by atoms with E-state index in [1.165, 1.54) is 51.4 Å². The van der Waals surface area contributed by atoms with Gasteiger partial charge in [-0.05, 0) is 37.3 Å². The van der Waals surface area contributed by atoms with Crippen LogP contribution in [0.15, 0.2) is 42.7 Å². The second-order valence-corrected chi connectivity index (χ2v) is 9.06. The molecule has 0 bridgehead atoms. The summed E-state index contributed by atoms with van der Waals surface area (Å²) in [6, 6.07) is 9.78. The topological polar surface area (TPSA) is 48.4 Å². The monoisotopic (exact) mass is 453 g/mol. The highest BCUT2D eigenvalue weighted by atomic mass is 16.5. The molecule has 0 saturated carbocycles. The third-order valence-electron chi connectivity index (χ3n) is 6.10. The van der Waals surface area contributed by atoms with Crippen molar-refractivity contribution >= 4 is 5.97 Å². The van der Waals surface area contributed by atoms with E-state index in [9.17, 15) is 4.79 Å². The van der Waals surface area contributed by atoms with Gasteiger partial charge in [-0.2, -0.15) is 0 Å². The molecule has 1 aromatic carbocycles. The van der Waals surface area contributed by atoms with Gasteiger partial charge in [0.15, 0.2) is 0 Å². The van der Waals surface area contributed by atoms with Crippen molar-refractivity contribution < 1.29 is 14.3 Å². The van der Waals surface area contributed by atoms with Crippen molar-refractivity contribution in [3.8, 4) is 16.9 Å². The first kappa shape index (κ1) is 26.9. The van der Waals surface area contributed by atoms with Gasteiger partial charge in [0.05, 0.1) is 18.8 Å². The first-order valence-corrected chi connectivity index (χ1v) is 13.0. The fourth-order valence-electron chi connectivity index (χ4n) is 4.04. The maximum Gasteiger partial charge on any atom is 0.340 e. The highest BCUT2D eigenvalue weighted by Gasteiger charge is 2.17.